The molecule has 0 atom stereocenters. The standard InChI is InChI=1S/C30H19NS/c1-2-8-20(9-3-1)21-14-17-23(18-15-21)31-27-13-7-6-12-25(27)30-28(31)26-19-16-22-10-4-5-11-24(22)29(26)32-30/h1-19H. The molecular weight excluding hydrogens is 406 g/mol. The lowest BCUT2D eigenvalue weighted by molar-refractivity contribution is 1.19. The molecule has 0 saturated carbocycles. The van der Waals surface area contributed by atoms with E-state index in [9.17, 15) is 0 Å². The molecule has 150 valence electrons. The van der Waals surface area contributed by atoms with E-state index in [1.807, 2.05) is 11.3 Å². The molecule has 0 saturated heterocycles. The van der Waals surface area contributed by atoms with Gasteiger partial charge in [0, 0.05) is 21.2 Å². The van der Waals surface area contributed by atoms with Gasteiger partial charge in [-0.05, 0) is 40.1 Å². The minimum absolute atomic E-state index is 1.20. The average molecular weight is 426 g/mol. The summed E-state index contributed by atoms with van der Waals surface area (Å²) in [6.07, 6.45) is 0. The van der Waals surface area contributed by atoms with E-state index in [1.54, 1.807) is 0 Å². The van der Waals surface area contributed by atoms with Gasteiger partial charge in [-0.15, -0.1) is 11.3 Å². The maximum absolute atomic E-state index is 2.44. The Balaban J connectivity index is 1.55. The Labute approximate surface area is 189 Å². The molecule has 0 spiro atoms. The van der Waals surface area contributed by atoms with Crippen molar-refractivity contribution < 1.29 is 0 Å². The second-order valence-electron chi connectivity index (χ2n) is 8.21. The van der Waals surface area contributed by atoms with Gasteiger partial charge in [-0.25, -0.2) is 0 Å². The Morgan fingerprint density at radius 1 is 0.469 bits per heavy atom. The van der Waals surface area contributed by atoms with Crippen molar-refractivity contribution in [1.82, 2.24) is 4.57 Å². The van der Waals surface area contributed by atoms with E-state index in [1.165, 1.54) is 58.8 Å². The Bertz CT molecular complexity index is 1750. The first kappa shape index (κ1) is 17.8. The molecule has 0 aliphatic heterocycles. The summed E-state index contributed by atoms with van der Waals surface area (Å²) in [6, 6.07) is 41.6. The smallest absolute Gasteiger partial charge is 0.0727 e. The number of hydrogen-bond donors (Lipinski definition) is 0. The third kappa shape index (κ3) is 2.50. The van der Waals surface area contributed by atoms with E-state index < -0.39 is 0 Å². The van der Waals surface area contributed by atoms with E-state index in [-0.39, 0.29) is 0 Å². The third-order valence-corrected chi connectivity index (χ3v) is 7.66. The Kier molecular flexibility index (Phi) is 3.78. The van der Waals surface area contributed by atoms with Gasteiger partial charge in [0.05, 0.1) is 15.7 Å². The number of para-hydroxylation sites is 1. The molecule has 7 rings (SSSR count). The van der Waals surface area contributed by atoms with Crippen LogP contribution in [0.15, 0.2) is 115 Å². The van der Waals surface area contributed by atoms with E-state index in [0.717, 1.165) is 0 Å². The molecule has 0 bridgehead atoms. The number of rotatable bonds is 2. The molecular formula is C30H19NS. The SMILES string of the molecule is c1ccc(-c2ccc(-n3c4ccccc4c4sc5c6ccccc6ccc5c43)cc2)cc1. The summed E-state index contributed by atoms with van der Waals surface area (Å²) in [6.45, 7) is 0. The number of hydrogen-bond acceptors (Lipinski definition) is 1. The summed E-state index contributed by atoms with van der Waals surface area (Å²) in [7, 11) is 0. The molecule has 1 nitrogen and oxygen atoms in total. The molecule has 0 amide bonds. The van der Waals surface area contributed by atoms with Crippen molar-refractivity contribution in [2.24, 2.45) is 0 Å². The quantitative estimate of drug-likeness (QED) is 0.261. The topological polar surface area (TPSA) is 4.93 Å². The van der Waals surface area contributed by atoms with Crippen LogP contribution in [0.1, 0.15) is 0 Å². The van der Waals surface area contributed by atoms with Crippen LogP contribution in [0.5, 0.6) is 0 Å². The minimum atomic E-state index is 1.20. The third-order valence-electron chi connectivity index (χ3n) is 6.40. The number of benzene rings is 5. The summed E-state index contributed by atoms with van der Waals surface area (Å²) in [4.78, 5) is 0. The van der Waals surface area contributed by atoms with Crippen LogP contribution >= 0.6 is 11.3 Å². The lowest BCUT2D eigenvalue weighted by Gasteiger charge is -2.10. The highest BCUT2D eigenvalue weighted by molar-refractivity contribution is 7.27. The maximum Gasteiger partial charge on any atom is 0.0727 e. The summed E-state index contributed by atoms with van der Waals surface area (Å²) >= 11 is 1.92. The van der Waals surface area contributed by atoms with Crippen LogP contribution in [0.4, 0.5) is 0 Å². The Morgan fingerprint density at radius 3 is 2.00 bits per heavy atom. The monoisotopic (exact) mass is 425 g/mol. The summed E-state index contributed by atoms with van der Waals surface area (Å²) in [5, 5.41) is 5.28. The molecule has 0 radical (unpaired) electrons. The molecule has 5 aromatic carbocycles. The fourth-order valence-electron chi connectivity index (χ4n) is 4.90. The summed E-state index contributed by atoms with van der Waals surface area (Å²) < 4.78 is 5.17. The molecule has 32 heavy (non-hydrogen) atoms. The van der Waals surface area contributed by atoms with Crippen LogP contribution in [0.2, 0.25) is 0 Å². The molecule has 0 fully saturated rings. The largest absolute Gasteiger partial charge is 0.308 e. The van der Waals surface area contributed by atoms with Gasteiger partial charge in [-0.3, -0.25) is 0 Å². The van der Waals surface area contributed by atoms with Crippen LogP contribution in [0.25, 0.3) is 58.8 Å². The fourth-order valence-corrected chi connectivity index (χ4v) is 6.25. The van der Waals surface area contributed by atoms with Crippen molar-refractivity contribution in [1.29, 1.82) is 0 Å². The predicted octanol–water partition coefficient (Wildman–Crippen LogP) is 8.82. The normalized spacial score (nSPS) is 11.8. The van der Waals surface area contributed by atoms with Gasteiger partial charge < -0.3 is 4.57 Å². The first-order valence-corrected chi connectivity index (χ1v) is 11.7. The molecule has 2 heterocycles. The molecule has 2 heteroatoms. The van der Waals surface area contributed by atoms with Gasteiger partial charge in [0.2, 0.25) is 0 Å². The molecule has 0 aliphatic rings. The van der Waals surface area contributed by atoms with Gasteiger partial charge in [-0.1, -0.05) is 97.1 Å². The fraction of sp³-hybridized carbons (Fsp3) is 0. The van der Waals surface area contributed by atoms with Crippen LogP contribution < -0.4 is 0 Å². The van der Waals surface area contributed by atoms with Gasteiger partial charge in [0.15, 0.2) is 0 Å². The second-order valence-corrected chi connectivity index (χ2v) is 9.23. The number of nitrogens with zero attached hydrogens (tertiary/aromatic N) is 1. The zero-order valence-corrected chi connectivity index (χ0v) is 18.1. The van der Waals surface area contributed by atoms with E-state index in [4.69, 9.17) is 0 Å². The Morgan fingerprint density at radius 2 is 1.16 bits per heavy atom. The predicted molar refractivity (Wildman–Crippen MR) is 139 cm³/mol. The second kappa shape index (κ2) is 6.81. The van der Waals surface area contributed by atoms with Crippen molar-refractivity contribution in [2.45, 2.75) is 0 Å². The van der Waals surface area contributed by atoms with Crippen molar-refractivity contribution in [3.05, 3.63) is 115 Å². The minimum Gasteiger partial charge on any atom is -0.308 e. The molecule has 0 unspecified atom stereocenters. The highest BCUT2D eigenvalue weighted by atomic mass is 32.1. The number of aromatic nitrogens is 1. The lowest BCUT2D eigenvalue weighted by Crippen LogP contribution is -1.93. The van der Waals surface area contributed by atoms with E-state index >= 15 is 0 Å². The van der Waals surface area contributed by atoms with Crippen LogP contribution in [-0.2, 0) is 0 Å². The molecule has 7 aromatic rings. The lowest BCUT2D eigenvalue weighted by atomic mass is 10.1. The van der Waals surface area contributed by atoms with Crippen LogP contribution in [0, 0.1) is 0 Å². The number of thiophene rings is 1. The summed E-state index contributed by atoms with van der Waals surface area (Å²) in [5.74, 6) is 0. The average Bonchev–Trinajstić information content (AvgIpc) is 3.40. The van der Waals surface area contributed by atoms with Crippen molar-refractivity contribution in [3.63, 3.8) is 0 Å². The molecule has 2 aromatic heterocycles. The molecule has 0 aliphatic carbocycles. The number of fused-ring (bicyclic) bond motifs is 7. The summed E-state index contributed by atoms with van der Waals surface area (Å²) in [5.41, 5.74) is 6.25. The maximum atomic E-state index is 2.44. The van der Waals surface area contributed by atoms with E-state index in [0.29, 0.717) is 0 Å². The van der Waals surface area contributed by atoms with Gasteiger partial charge in [0.25, 0.3) is 0 Å². The van der Waals surface area contributed by atoms with Gasteiger partial charge in [-0.2, -0.15) is 0 Å². The van der Waals surface area contributed by atoms with Gasteiger partial charge in [0.1, 0.15) is 0 Å². The Hall–Kier alpha value is -3.88. The van der Waals surface area contributed by atoms with E-state index in [2.05, 4.69) is 120 Å². The van der Waals surface area contributed by atoms with Crippen molar-refractivity contribution in [2.75, 3.05) is 0 Å². The molecule has 0 N–H and O–H groups in total. The highest BCUT2D eigenvalue weighted by Crippen LogP contribution is 2.44. The van der Waals surface area contributed by atoms with Crippen LogP contribution in [-0.4, -0.2) is 4.57 Å². The van der Waals surface area contributed by atoms with Crippen molar-refractivity contribution in [3.8, 4) is 16.8 Å². The van der Waals surface area contributed by atoms with Crippen LogP contribution in [0.3, 0.4) is 0 Å². The van der Waals surface area contributed by atoms with Gasteiger partial charge >= 0.3 is 0 Å². The zero-order chi connectivity index (χ0) is 21.1. The first-order chi connectivity index (χ1) is 15.9. The first-order valence-electron chi connectivity index (χ1n) is 10.9. The zero-order valence-electron chi connectivity index (χ0n) is 17.3. The highest BCUT2D eigenvalue weighted by Gasteiger charge is 2.18. The van der Waals surface area contributed by atoms with Crippen molar-refractivity contribution >= 4 is 53.3 Å².